The largest absolute Gasteiger partial charge is 0.504 e. The molecule has 9 heteroatoms. The number of anilines is 1. The van der Waals surface area contributed by atoms with Gasteiger partial charge in [0.1, 0.15) is 13.2 Å². The Kier molecular flexibility index (Phi) is 6.09. The number of phenolic OH excluding ortho intramolecular Hbond substituents is 1. The van der Waals surface area contributed by atoms with E-state index in [1.54, 1.807) is 30.0 Å². The zero-order chi connectivity index (χ0) is 22.8. The van der Waals surface area contributed by atoms with Crippen LogP contribution < -0.4 is 24.4 Å². The van der Waals surface area contributed by atoms with Gasteiger partial charge in [-0.2, -0.15) is 0 Å². The number of rotatable bonds is 5. The first-order valence-corrected chi connectivity index (χ1v) is 10.6. The molecule has 2 aliphatic rings. The van der Waals surface area contributed by atoms with Gasteiger partial charge < -0.3 is 29.4 Å². The Morgan fingerprint density at radius 1 is 1.22 bits per heavy atom. The van der Waals surface area contributed by atoms with Crippen LogP contribution in [0.2, 0.25) is 0 Å². The maximum absolute atomic E-state index is 13.0. The van der Waals surface area contributed by atoms with Gasteiger partial charge in [0.05, 0.1) is 31.0 Å². The Labute approximate surface area is 191 Å². The smallest absolute Gasteiger partial charge is 0.338 e. The third-order valence-corrected chi connectivity index (χ3v) is 5.60. The topological polar surface area (TPSA) is 89.5 Å². The second-order valence-corrected chi connectivity index (χ2v) is 7.58. The number of thiocarbonyl (C=S) groups is 1. The van der Waals surface area contributed by atoms with Gasteiger partial charge in [-0.25, -0.2) is 4.79 Å². The summed E-state index contributed by atoms with van der Waals surface area (Å²) in [6.07, 6.45) is 0. The number of methoxy groups -OCH3 is 1. The van der Waals surface area contributed by atoms with Crippen molar-refractivity contribution in [2.75, 3.05) is 31.8 Å². The highest BCUT2D eigenvalue weighted by Crippen LogP contribution is 2.40. The second-order valence-electron chi connectivity index (χ2n) is 7.20. The summed E-state index contributed by atoms with van der Waals surface area (Å²) in [5, 5.41) is 13.9. The zero-order valence-electron chi connectivity index (χ0n) is 18.0. The molecule has 0 amide bonds. The first-order chi connectivity index (χ1) is 15.4. The lowest BCUT2D eigenvalue weighted by Gasteiger charge is -2.38. The van der Waals surface area contributed by atoms with Gasteiger partial charge in [0.15, 0.2) is 28.1 Å². The van der Waals surface area contributed by atoms with Gasteiger partial charge >= 0.3 is 5.97 Å². The summed E-state index contributed by atoms with van der Waals surface area (Å²) in [6.45, 7) is 4.75. The van der Waals surface area contributed by atoms with Crippen molar-refractivity contribution in [3.05, 3.63) is 53.2 Å². The Bertz CT molecular complexity index is 1100. The molecular weight excluding hydrogens is 432 g/mol. The Morgan fingerprint density at radius 3 is 2.66 bits per heavy atom. The van der Waals surface area contributed by atoms with Gasteiger partial charge in [0.25, 0.3) is 0 Å². The number of hydrogen-bond acceptors (Lipinski definition) is 7. The van der Waals surface area contributed by atoms with Crippen LogP contribution in [0.4, 0.5) is 5.69 Å². The predicted molar refractivity (Wildman–Crippen MR) is 122 cm³/mol. The number of allylic oxidation sites excluding steroid dienone is 1. The molecule has 0 radical (unpaired) electrons. The van der Waals surface area contributed by atoms with E-state index in [0.717, 1.165) is 5.69 Å². The summed E-state index contributed by atoms with van der Waals surface area (Å²) in [5.41, 5.74) is 2.38. The van der Waals surface area contributed by atoms with Crippen LogP contribution in [0.3, 0.4) is 0 Å². The van der Waals surface area contributed by atoms with Crippen LogP contribution >= 0.6 is 12.2 Å². The number of esters is 1. The Hall–Kier alpha value is -3.46. The van der Waals surface area contributed by atoms with Crippen LogP contribution in [-0.2, 0) is 9.53 Å². The molecule has 0 saturated heterocycles. The molecule has 0 bridgehead atoms. The van der Waals surface area contributed by atoms with Crippen LogP contribution in [0.15, 0.2) is 47.7 Å². The molecule has 2 N–H and O–H groups in total. The van der Waals surface area contributed by atoms with E-state index in [4.69, 9.17) is 31.2 Å². The molecule has 168 valence electrons. The van der Waals surface area contributed by atoms with Crippen molar-refractivity contribution < 1.29 is 28.8 Å². The van der Waals surface area contributed by atoms with E-state index in [0.29, 0.717) is 52.4 Å². The number of ether oxygens (including phenoxy) is 4. The quantitative estimate of drug-likeness (QED) is 0.519. The highest BCUT2D eigenvalue weighted by Gasteiger charge is 2.36. The van der Waals surface area contributed by atoms with Crippen molar-refractivity contribution in [3.8, 4) is 23.0 Å². The highest BCUT2D eigenvalue weighted by atomic mass is 32.1. The third kappa shape index (κ3) is 3.91. The summed E-state index contributed by atoms with van der Waals surface area (Å²) in [4.78, 5) is 14.8. The summed E-state index contributed by atoms with van der Waals surface area (Å²) in [7, 11) is 1.47. The van der Waals surface area contributed by atoms with Gasteiger partial charge in [-0.1, -0.05) is 6.07 Å². The van der Waals surface area contributed by atoms with Crippen LogP contribution in [0.1, 0.15) is 25.5 Å². The molecule has 0 unspecified atom stereocenters. The number of benzene rings is 2. The fourth-order valence-electron chi connectivity index (χ4n) is 3.83. The minimum absolute atomic E-state index is 0.0344. The Balaban J connectivity index is 1.80. The minimum atomic E-state index is -0.605. The van der Waals surface area contributed by atoms with Crippen molar-refractivity contribution in [2.45, 2.75) is 19.9 Å². The van der Waals surface area contributed by atoms with E-state index >= 15 is 0 Å². The van der Waals surface area contributed by atoms with E-state index in [2.05, 4.69) is 5.32 Å². The molecule has 32 heavy (non-hydrogen) atoms. The molecule has 4 rings (SSSR count). The number of aromatic hydroxyl groups is 1. The standard InChI is InChI=1S/C23H24N2O6S/c1-4-29-22(27)20-13(2)25(15-6-8-18-19(12-15)31-10-9-30-18)23(32)24-21(20)14-5-7-17(28-3)16(26)11-14/h5-8,11-12,21,26H,4,9-10H2,1-3H3,(H,24,32)/t21-/m1/s1. The van der Waals surface area contributed by atoms with Gasteiger partial charge in [-0.05, 0) is 55.9 Å². The van der Waals surface area contributed by atoms with Gasteiger partial charge in [-0.3, -0.25) is 4.90 Å². The van der Waals surface area contributed by atoms with Crippen molar-refractivity contribution in [1.29, 1.82) is 0 Å². The number of hydrogen-bond donors (Lipinski definition) is 2. The number of fused-ring (bicyclic) bond motifs is 1. The van der Waals surface area contributed by atoms with Gasteiger partial charge in [0, 0.05) is 11.8 Å². The maximum atomic E-state index is 13.0. The zero-order valence-corrected chi connectivity index (χ0v) is 18.8. The van der Waals surface area contributed by atoms with Gasteiger partial charge in [0.2, 0.25) is 0 Å². The average Bonchev–Trinajstić information content (AvgIpc) is 2.78. The average molecular weight is 457 g/mol. The van der Waals surface area contributed by atoms with Crippen molar-refractivity contribution in [2.24, 2.45) is 0 Å². The van der Waals surface area contributed by atoms with E-state index in [-0.39, 0.29) is 12.4 Å². The van der Waals surface area contributed by atoms with E-state index in [9.17, 15) is 9.90 Å². The molecular formula is C23H24N2O6S. The van der Waals surface area contributed by atoms with Crippen molar-refractivity contribution >= 4 is 29.0 Å². The molecule has 0 fully saturated rings. The number of nitrogens with one attached hydrogen (secondary N) is 1. The molecule has 8 nitrogen and oxygen atoms in total. The van der Waals surface area contributed by atoms with E-state index in [1.165, 1.54) is 7.11 Å². The second kappa shape index (κ2) is 8.96. The summed E-state index contributed by atoms with van der Waals surface area (Å²) in [6, 6.07) is 9.85. The predicted octanol–water partition coefficient (Wildman–Crippen LogP) is 3.44. The highest BCUT2D eigenvalue weighted by molar-refractivity contribution is 7.80. The Morgan fingerprint density at radius 2 is 1.97 bits per heavy atom. The van der Waals surface area contributed by atoms with Crippen LogP contribution in [0, 0.1) is 0 Å². The molecule has 0 aromatic heterocycles. The van der Waals surface area contributed by atoms with Crippen LogP contribution in [0.5, 0.6) is 23.0 Å². The van der Waals surface area contributed by atoms with E-state index < -0.39 is 12.0 Å². The van der Waals surface area contributed by atoms with E-state index in [1.807, 2.05) is 25.1 Å². The molecule has 0 saturated carbocycles. The molecule has 1 atom stereocenters. The number of nitrogens with zero attached hydrogens (tertiary/aromatic N) is 1. The van der Waals surface area contributed by atoms with Crippen molar-refractivity contribution in [3.63, 3.8) is 0 Å². The lowest BCUT2D eigenvalue weighted by molar-refractivity contribution is -0.139. The monoisotopic (exact) mass is 456 g/mol. The number of carbonyl (C=O) groups excluding carboxylic acids is 1. The minimum Gasteiger partial charge on any atom is -0.504 e. The number of phenols is 1. The maximum Gasteiger partial charge on any atom is 0.338 e. The summed E-state index contributed by atoms with van der Waals surface area (Å²) in [5.74, 6) is 1.11. The third-order valence-electron chi connectivity index (χ3n) is 5.30. The molecule has 2 heterocycles. The number of carbonyl (C=O) groups is 1. The first-order valence-electron chi connectivity index (χ1n) is 10.2. The molecule has 2 aliphatic heterocycles. The first kappa shape index (κ1) is 21.8. The molecule has 2 aromatic rings. The lowest BCUT2D eigenvalue weighted by Crippen LogP contribution is -2.48. The lowest BCUT2D eigenvalue weighted by atomic mass is 9.94. The van der Waals surface area contributed by atoms with Crippen LogP contribution in [0.25, 0.3) is 0 Å². The fraction of sp³-hybridized carbons (Fsp3) is 0.304. The summed E-state index contributed by atoms with van der Waals surface area (Å²) >= 11 is 5.67. The fourth-order valence-corrected chi connectivity index (χ4v) is 4.20. The normalized spacial score (nSPS) is 17.7. The molecule has 0 spiro atoms. The van der Waals surface area contributed by atoms with Crippen LogP contribution in [-0.4, -0.2) is 43.1 Å². The SMILES string of the molecule is CCOC(=O)C1=C(C)N(c2ccc3c(c2)OCCO3)C(=S)N[C@@H]1c1ccc(OC)c(O)c1. The summed E-state index contributed by atoms with van der Waals surface area (Å²) < 4.78 is 21.8. The molecule has 0 aliphatic carbocycles. The molecule has 2 aromatic carbocycles. The van der Waals surface area contributed by atoms with Crippen molar-refractivity contribution in [1.82, 2.24) is 5.32 Å². The van der Waals surface area contributed by atoms with Gasteiger partial charge in [-0.15, -0.1) is 0 Å².